The zero-order valence-electron chi connectivity index (χ0n) is 10.8. The second-order valence-corrected chi connectivity index (χ2v) is 5.82. The first-order valence-electron chi connectivity index (χ1n) is 6.01. The number of hydrogen-bond acceptors (Lipinski definition) is 3. The fourth-order valence-corrected chi connectivity index (χ4v) is 1.95. The quantitative estimate of drug-likeness (QED) is 0.689. The summed E-state index contributed by atoms with van der Waals surface area (Å²) >= 11 is 0. The van der Waals surface area contributed by atoms with Crippen LogP contribution in [0.2, 0.25) is 0 Å². The Balaban J connectivity index is 2.55. The first-order chi connectivity index (χ1) is 7.28. The predicted molar refractivity (Wildman–Crippen MR) is 64.2 cm³/mol. The van der Waals surface area contributed by atoms with Crippen molar-refractivity contribution in [3.05, 3.63) is 0 Å². The van der Waals surface area contributed by atoms with Crippen molar-refractivity contribution in [2.75, 3.05) is 13.1 Å². The molecule has 2 N–H and O–H groups in total. The lowest BCUT2D eigenvalue weighted by atomic mass is 10.0. The number of rotatable bonds is 0. The molecular formula is C12H24N2O2. The fraction of sp³-hybridized carbons (Fsp3) is 0.917. The molecule has 2 atom stereocenters. The van der Waals surface area contributed by atoms with E-state index in [0.29, 0.717) is 12.5 Å². The Morgan fingerprint density at radius 1 is 1.44 bits per heavy atom. The van der Waals surface area contributed by atoms with E-state index in [1.165, 1.54) is 0 Å². The van der Waals surface area contributed by atoms with Crippen LogP contribution < -0.4 is 5.73 Å². The van der Waals surface area contributed by atoms with E-state index in [2.05, 4.69) is 6.92 Å². The lowest BCUT2D eigenvalue weighted by molar-refractivity contribution is 0.0248. The molecule has 1 rings (SSSR count). The van der Waals surface area contributed by atoms with Crippen LogP contribution in [0.1, 0.15) is 40.5 Å². The van der Waals surface area contributed by atoms with Gasteiger partial charge in [-0.15, -0.1) is 0 Å². The van der Waals surface area contributed by atoms with Crippen molar-refractivity contribution in [2.45, 2.75) is 52.2 Å². The average Bonchev–Trinajstić information content (AvgIpc) is 2.23. The minimum absolute atomic E-state index is 0.0741. The average molecular weight is 228 g/mol. The number of nitrogens with two attached hydrogens (primary N) is 1. The third-order valence-corrected chi connectivity index (χ3v) is 2.70. The second-order valence-electron chi connectivity index (χ2n) is 5.82. The van der Waals surface area contributed by atoms with Crippen molar-refractivity contribution in [1.29, 1.82) is 0 Å². The van der Waals surface area contributed by atoms with Crippen LogP contribution in [-0.4, -0.2) is 35.7 Å². The molecule has 0 spiro atoms. The number of amides is 1. The molecule has 1 aliphatic rings. The summed E-state index contributed by atoms with van der Waals surface area (Å²) in [5.41, 5.74) is 5.54. The Bertz CT molecular complexity index is 248. The monoisotopic (exact) mass is 228 g/mol. The van der Waals surface area contributed by atoms with Gasteiger partial charge >= 0.3 is 6.09 Å². The van der Waals surface area contributed by atoms with Crippen LogP contribution in [0.15, 0.2) is 0 Å². The molecule has 0 aliphatic carbocycles. The minimum Gasteiger partial charge on any atom is -0.444 e. The molecule has 0 aromatic carbocycles. The van der Waals surface area contributed by atoms with Crippen LogP contribution in [0.4, 0.5) is 4.79 Å². The van der Waals surface area contributed by atoms with Crippen LogP contribution in [-0.2, 0) is 4.74 Å². The second kappa shape index (κ2) is 5.04. The van der Waals surface area contributed by atoms with E-state index >= 15 is 0 Å². The van der Waals surface area contributed by atoms with Gasteiger partial charge in [-0.1, -0.05) is 6.92 Å². The highest BCUT2D eigenvalue weighted by Crippen LogP contribution is 2.18. The number of carbonyl (C=O) groups excluding carboxylic acids is 1. The Kier molecular flexibility index (Phi) is 4.19. The zero-order chi connectivity index (χ0) is 12.3. The van der Waals surface area contributed by atoms with Crippen molar-refractivity contribution < 1.29 is 9.53 Å². The van der Waals surface area contributed by atoms with Gasteiger partial charge in [0, 0.05) is 19.1 Å². The van der Waals surface area contributed by atoms with Crippen LogP contribution in [0.3, 0.4) is 0 Å². The van der Waals surface area contributed by atoms with Gasteiger partial charge in [0.05, 0.1) is 0 Å². The summed E-state index contributed by atoms with van der Waals surface area (Å²) in [6.45, 7) is 9.18. The molecule has 2 unspecified atom stereocenters. The SMILES string of the molecule is CC1CCN(C(=O)OC(C)(C)C)CC(N)C1. The highest BCUT2D eigenvalue weighted by Gasteiger charge is 2.26. The summed E-state index contributed by atoms with van der Waals surface area (Å²) < 4.78 is 5.35. The normalized spacial score (nSPS) is 27.4. The molecule has 1 heterocycles. The van der Waals surface area contributed by atoms with Crippen molar-refractivity contribution in [3.63, 3.8) is 0 Å². The third-order valence-electron chi connectivity index (χ3n) is 2.70. The summed E-state index contributed by atoms with van der Waals surface area (Å²) in [6, 6.07) is 0.0741. The summed E-state index contributed by atoms with van der Waals surface area (Å²) in [4.78, 5) is 13.6. The predicted octanol–water partition coefficient (Wildman–Crippen LogP) is 1.98. The molecule has 0 radical (unpaired) electrons. The molecule has 94 valence electrons. The van der Waals surface area contributed by atoms with E-state index in [0.717, 1.165) is 19.4 Å². The highest BCUT2D eigenvalue weighted by molar-refractivity contribution is 5.68. The van der Waals surface area contributed by atoms with Crippen LogP contribution in [0.5, 0.6) is 0 Å². The number of likely N-dealkylation sites (tertiary alicyclic amines) is 1. The van der Waals surface area contributed by atoms with Gasteiger partial charge < -0.3 is 15.4 Å². The molecule has 1 amide bonds. The molecule has 16 heavy (non-hydrogen) atoms. The van der Waals surface area contributed by atoms with Gasteiger partial charge in [0.25, 0.3) is 0 Å². The molecule has 4 heteroatoms. The topological polar surface area (TPSA) is 55.6 Å². The Labute approximate surface area is 98.1 Å². The molecule has 0 saturated carbocycles. The maximum absolute atomic E-state index is 11.9. The number of carbonyl (C=O) groups is 1. The molecule has 0 aromatic heterocycles. The zero-order valence-corrected chi connectivity index (χ0v) is 10.8. The Morgan fingerprint density at radius 3 is 2.62 bits per heavy atom. The van der Waals surface area contributed by atoms with Gasteiger partial charge in [0.15, 0.2) is 0 Å². The summed E-state index contributed by atoms with van der Waals surface area (Å²) in [7, 11) is 0. The molecular weight excluding hydrogens is 204 g/mol. The lowest BCUT2D eigenvalue weighted by Crippen LogP contribution is -2.42. The molecule has 1 saturated heterocycles. The van der Waals surface area contributed by atoms with E-state index in [4.69, 9.17) is 10.5 Å². The summed E-state index contributed by atoms with van der Waals surface area (Å²) in [5, 5.41) is 0. The van der Waals surface area contributed by atoms with E-state index in [1.54, 1.807) is 4.90 Å². The molecule has 4 nitrogen and oxygen atoms in total. The van der Waals surface area contributed by atoms with Crippen LogP contribution in [0.25, 0.3) is 0 Å². The lowest BCUT2D eigenvalue weighted by Gasteiger charge is -2.27. The maximum Gasteiger partial charge on any atom is 0.410 e. The van der Waals surface area contributed by atoms with Crippen molar-refractivity contribution in [1.82, 2.24) is 4.90 Å². The molecule has 1 aliphatic heterocycles. The van der Waals surface area contributed by atoms with E-state index in [9.17, 15) is 4.79 Å². The molecule has 0 bridgehead atoms. The van der Waals surface area contributed by atoms with Crippen LogP contribution in [0, 0.1) is 5.92 Å². The van der Waals surface area contributed by atoms with Crippen LogP contribution >= 0.6 is 0 Å². The number of ether oxygens (including phenoxy) is 1. The van der Waals surface area contributed by atoms with E-state index in [-0.39, 0.29) is 12.1 Å². The standard InChI is InChI=1S/C12H24N2O2/c1-9-5-6-14(8-10(13)7-9)11(15)16-12(2,3)4/h9-10H,5-8,13H2,1-4H3. The third kappa shape index (κ3) is 4.39. The van der Waals surface area contributed by atoms with Gasteiger partial charge in [-0.3, -0.25) is 0 Å². The number of nitrogens with zero attached hydrogens (tertiary/aromatic N) is 1. The smallest absolute Gasteiger partial charge is 0.410 e. The van der Waals surface area contributed by atoms with Crippen molar-refractivity contribution in [2.24, 2.45) is 11.7 Å². The number of hydrogen-bond donors (Lipinski definition) is 1. The van der Waals surface area contributed by atoms with Gasteiger partial charge in [-0.2, -0.15) is 0 Å². The highest BCUT2D eigenvalue weighted by atomic mass is 16.6. The molecule has 1 fully saturated rings. The van der Waals surface area contributed by atoms with Crippen molar-refractivity contribution >= 4 is 6.09 Å². The van der Waals surface area contributed by atoms with E-state index < -0.39 is 5.60 Å². The van der Waals surface area contributed by atoms with E-state index in [1.807, 2.05) is 20.8 Å². The fourth-order valence-electron chi connectivity index (χ4n) is 1.95. The van der Waals surface area contributed by atoms with Gasteiger partial charge in [-0.05, 0) is 39.5 Å². The first kappa shape index (κ1) is 13.3. The largest absolute Gasteiger partial charge is 0.444 e. The first-order valence-corrected chi connectivity index (χ1v) is 6.01. The Hall–Kier alpha value is -0.770. The maximum atomic E-state index is 11.9. The van der Waals surface area contributed by atoms with Gasteiger partial charge in [0.2, 0.25) is 0 Å². The van der Waals surface area contributed by atoms with Gasteiger partial charge in [-0.25, -0.2) is 4.79 Å². The minimum atomic E-state index is -0.431. The van der Waals surface area contributed by atoms with Gasteiger partial charge in [0.1, 0.15) is 5.60 Å². The summed E-state index contributed by atoms with van der Waals surface area (Å²) in [5.74, 6) is 0.586. The van der Waals surface area contributed by atoms with Crippen molar-refractivity contribution in [3.8, 4) is 0 Å². The Morgan fingerprint density at radius 2 is 2.06 bits per heavy atom. The summed E-state index contributed by atoms with van der Waals surface area (Å²) in [6.07, 6.45) is 1.75. The molecule has 0 aromatic rings.